The van der Waals surface area contributed by atoms with Crippen LogP contribution in [0.3, 0.4) is 0 Å². The standard InChI is InChI=1S/C37H39Cl2FN6O3S/c1-19(44-14-8-13-42-35(44)47)26-17-24-33(46(26)32-21-16-27(32)45(18-21)36(48)49-37(2,3)4)23-15-20(9-7-12-41)28(22-10-6-11-25(38)29(22)39)30(40)31(23)43-34(24)50-5/h6,10-11,15,17,19,21,27,32H,7-9,13-14,16,18H2,1-5H3,(H,42,47)/t19-,21-,27-,32+/m1/s1. The van der Waals surface area contributed by atoms with E-state index in [1.54, 1.807) is 18.2 Å². The molecule has 4 atom stereocenters. The van der Waals surface area contributed by atoms with Gasteiger partial charge in [0.2, 0.25) is 0 Å². The molecule has 1 aliphatic carbocycles. The van der Waals surface area contributed by atoms with Gasteiger partial charge in [0.15, 0.2) is 5.82 Å². The summed E-state index contributed by atoms with van der Waals surface area (Å²) in [5.74, 6) is -0.404. The SMILES string of the molecule is CSc1nc2c(F)c(-c3cccc(Cl)c3Cl)c(CCC#N)cc2c2c1cc([C@@H](C)N1CCCNC1=O)n2[C@H]1[C@@H]2C[C@H]1N(C(=O)OC(C)(C)C)C2. The molecule has 9 nitrogen and oxygen atoms in total. The highest BCUT2D eigenvalue weighted by Crippen LogP contribution is 2.54. The Morgan fingerprint density at radius 1 is 1.26 bits per heavy atom. The lowest BCUT2D eigenvalue weighted by Gasteiger charge is -2.41. The zero-order valence-corrected chi connectivity index (χ0v) is 31.0. The van der Waals surface area contributed by atoms with Crippen molar-refractivity contribution >= 4 is 68.9 Å². The first-order valence-corrected chi connectivity index (χ1v) is 18.9. The summed E-state index contributed by atoms with van der Waals surface area (Å²) in [6.07, 6.45) is 3.65. The molecule has 4 aromatic rings. The summed E-state index contributed by atoms with van der Waals surface area (Å²) in [4.78, 5) is 35.2. The molecule has 4 fully saturated rings. The van der Waals surface area contributed by atoms with Crippen molar-refractivity contribution in [3.8, 4) is 17.2 Å². The van der Waals surface area contributed by atoms with E-state index in [-0.39, 0.29) is 65.1 Å². The summed E-state index contributed by atoms with van der Waals surface area (Å²) in [5.41, 5.74) is 2.56. The van der Waals surface area contributed by atoms with Gasteiger partial charge >= 0.3 is 12.1 Å². The van der Waals surface area contributed by atoms with Gasteiger partial charge < -0.3 is 24.4 Å². The number of carbonyl (C=O) groups excluding carboxylic acids is 2. The van der Waals surface area contributed by atoms with Crippen molar-refractivity contribution in [1.82, 2.24) is 24.7 Å². The molecule has 3 amide bonds. The molecule has 3 saturated heterocycles. The number of pyridine rings is 1. The molecular formula is C37H39Cl2FN6O3S. The molecule has 2 aromatic carbocycles. The van der Waals surface area contributed by atoms with E-state index in [1.807, 2.05) is 49.8 Å². The molecule has 2 aromatic heterocycles. The van der Waals surface area contributed by atoms with Gasteiger partial charge in [-0.2, -0.15) is 5.26 Å². The number of aromatic nitrogens is 2. The van der Waals surface area contributed by atoms with Crippen LogP contribution >= 0.6 is 35.0 Å². The van der Waals surface area contributed by atoms with E-state index in [0.717, 1.165) is 29.4 Å². The van der Waals surface area contributed by atoms with Crippen LogP contribution in [-0.4, -0.2) is 69.0 Å². The average Bonchev–Trinajstić information content (AvgIpc) is 3.78. The van der Waals surface area contributed by atoms with Crippen molar-refractivity contribution in [2.75, 3.05) is 25.9 Å². The van der Waals surface area contributed by atoms with Crippen molar-refractivity contribution < 1.29 is 18.7 Å². The Bertz CT molecular complexity index is 2090. The van der Waals surface area contributed by atoms with Crippen LogP contribution in [0.2, 0.25) is 10.0 Å². The van der Waals surface area contributed by atoms with Crippen LogP contribution in [0.1, 0.15) is 70.3 Å². The fourth-order valence-electron chi connectivity index (χ4n) is 7.98. The molecule has 2 bridgehead atoms. The highest BCUT2D eigenvalue weighted by atomic mass is 35.5. The number of hydrogen-bond donors (Lipinski definition) is 1. The minimum Gasteiger partial charge on any atom is -0.444 e. The third-order valence-corrected chi connectivity index (χ3v) is 11.7. The highest BCUT2D eigenvalue weighted by Gasteiger charge is 2.56. The first kappa shape index (κ1) is 34.7. The maximum Gasteiger partial charge on any atom is 0.410 e. The molecule has 0 unspecified atom stereocenters. The van der Waals surface area contributed by atoms with Gasteiger partial charge in [-0.1, -0.05) is 35.3 Å². The minimum absolute atomic E-state index is 0.127. The molecule has 262 valence electrons. The summed E-state index contributed by atoms with van der Waals surface area (Å²) < 4.78 is 25.3. The number of nitriles is 1. The lowest BCUT2D eigenvalue weighted by atomic mass is 9.79. The van der Waals surface area contributed by atoms with E-state index in [9.17, 15) is 14.9 Å². The number of benzene rings is 2. The van der Waals surface area contributed by atoms with Gasteiger partial charge in [-0.25, -0.2) is 19.0 Å². The quantitative estimate of drug-likeness (QED) is 0.190. The first-order valence-electron chi connectivity index (χ1n) is 16.9. The smallest absolute Gasteiger partial charge is 0.410 e. The highest BCUT2D eigenvalue weighted by molar-refractivity contribution is 7.98. The normalized spacial score (nSPS) is 20.9. The summed E-state index contributed by atoms with van der Waals surface area (Å²) in [7, 11) is 0. The molecular weight excluding hydrogens is 698 g/mol. The molecule has 50 heavy (non-hydrogen) atoms. The van der Waals surface area contributed by atoms with Crippen molar-refractivity contribution in [3.05, 3.63) is 57.5 Å². The third kappa shape index (κ3) is 5.73. The average molecular weight is 738 g/mol. The Kier molecular flexibility index (Phi) is 9.11. The number of amides is 3. The number of carbonyl (C=O) groups is 2. The molecule has 8 rings (SSSR count). The van der Waals surface area contributed by atoms with E-state index in [1.165, 1.54) is 11.8 Å². The van der Waals surface area contributed by atoms with E-state index >= 15 is 4.39 Å². The Hall–Kier alpha value is -3.72. The van der Waals surface area contributed by atoms with Crippen molar-refractivity contribution in [2.24, 2.45) is 5.92 Å². The number of nitrogens with one attached hydrogen (secondary N) is 1. The van der Waals surface area contributed by atoms with Crippen LogP contribution in [0.5, 0.6) is 0 Å². The molecule has 0 radical (unpaired) electrons. The summed E-state index contributed by atoms with van der Waals surface area (Å²) >= 11 is 14.5. The summed E-state index contributed by atoms with van der Waals surface area (Å²) in [6, 6.07) is 10.6. The van der Waals surface area contributed by atoms with E-state index < -0.39 is 11.4 Å². The van der Waals surface area contributed by atoms with Crippen LogP contribution in [0.4, 0.5) is 14.0 Å². The number of halogens is 3. The Balaban J connectivity index is 1.51. The van der Waals surface area contributed by atoms with Crippen molar-refractivity contribution in [1.29, 1.82) is 5.26 Å². The fourth-order valence-corrected chi connectivity index (χ4v) is 8.93. The third-order valence-electron chi connectivity index (χ3n) is 10.2. The number of nitrogens with zero attached hydrogens (tertiary/aromatic N) is 5. The number of hydrogen-bond acceptors (Lipinski definition) is 6. The second-order valence-electron chi connectivity index (χ2n) is 14.3. The van der Waals surface area contributed by atoms with Crippen LogP contribution in [0.25, 0.3) is 32.9 Å². The maximum absolute atomic E-state index is 17.2. The number of urea groups is 1. The van der Waals surface area contributed by atoms with Gasteiger partial charge in [-0.3, -0.25) is 0 Å². The lowest BCUT2D eigenvalue weighted by Crippen LogP contribution is -2.48. The second-order valence-corrected chi connectivity index (χ2v) is 15.9. The van der Waals surface area contributed by atoms with Crippen LogP contribution in [0, 0.1) is 23.1 Å². The van der Waals surface area contributed by atoms with Crippen LogP contribution < -0.4 is 5.32 Å². The zero-order valence-electron chi connectivity index (χ0n) is 28.6. The number of fused-ring (bicyclic) bond motifs is 4. The number of rotatable bonds is 7. The maximum atomic E-state index is 17.2. The molecule has 0 spiro atoms. The Morgan fingerprint density at radius 3 is 2.74 bits per heavy atom. The molecule has 3 aliphatic heterocycles. The van der Waals surface area contributed by atoms with E-state index in [2.05, 4.69) is 22.0 Å². The summed E-state index contributed by atoms with van der Waals surface area (Å²) in [6.45, 7) is 9.36. The van der Waals surface area contributed by atoms with Crippen LogP contribution in [0.15, 0.2) is 35.4 Å². The lowest BCUT2D eigenvalue weighted by molar-refractivity contribution is 0.0208. The molecule has 1 N–H and O–H groups in total. The largest absolute Gasteiger partial charge is 0.444 e. The summed E-state index contributed by atoms with van der Waals surface area (Å²) in [5, 5.41) is 15.2. The second kappa shape index (κ2) is 13.1. The molecule has 4 aliphatic rings. The monoisotopic (exact) mass is 736 g/mol. The van der Waals surface area contributed by atoms with E-state index in [0.29, 0.717) is 46.2 Å². The van der Waals surface area contributed by atoms with Crippen LogP contribution in [-0.2, 0) is 11.2 Å². The Morgan fingerprint density at radius 2 is 2.04 bits per heavy atom. The molecule has 13 heteroatoms. The predicted molar refractivity (Wildman–Crippen MR) is 195 cm³/mol. The van der Waals surface area contributed by atoms with Gasteiger partial charge in [0.1, 0.15) is 16.1 Å². The molecule has 1 saturated carbocycles. The van der Waals surface area contributed by atoms with Gasteiger partial charge in [0, 0.05) is 59.6 Å². The topological polar surface area (TPSA) is 103 Å². The number of aryl methyl sites for hydroxylation is 1. The first-order chi connectivity index (χ1) is 23.8. The van der Waals surface area contributed by atoms with Crippen molar-refractivity contribution in [3.63, 3.8) is 0 Å². The fraction of sp³-hybridized carbons (Fsp3) is 0.459. The van der Waals surface area contributed by atoms with Gasteiger partial charge in [-0.05, 0) is 77.0 Å². The van der Waals surface area contributed by atoms with Crippen molar-refractivity contribution in [2.45, 2.75) is 82.1 Å². The van der Waals surface area contributed by atoms with Gasteiger partial charge in [0.05, 0.1) is 39.8 Å². The van der Waals surface area contributed by atoms with Gasteiger partial charge in [0.25, 0.3) is 0 Å². The predicted octanol–water partition coefficient (Wildman–Crippen LogP) is 9.14. The zero-order chi connectivity index (χ0) is 35.6. The molecule has 5 heterocycles. The Labute approximate surface area is 305 Å². The number of ether oxygens (including phenoxy) is 1. The minimum atomic E-state index is -0.642. The number of thioether (sulfide) groups is 1. The van der Waals surface area contributed by atoms with E-state index in [4.69, 9.17) is 32.9 Å². The van der Waals surface area contributed by atoms with Gasteiger partial charge in [-0.15, -0.1) is 11.8 Å².